The third-order valence-corrected chi connectivity index (χ3v) is 4.20. The Morgan fingerprint density at radius 3 is 2.37 bits per heavy atom. The summed E-state index contributed by atoms with van der Waals surface area (Å²) in [6, 6.07) is 0. The number of amides is 1. The minimum Gasteiger partial charge on any atom is -0.366 e. The standard InChI is InChI=1S/C9H18N4O4S.ClH/c10-18(15,16)13-4-2-12(3-5-13)9(14)8-7-11-1-6-17-8;/h8,11H,1-7H2,(H2,10,15,16);1H. The number of halogens is 1. The van der Waals surface area contributed by atoms with Gasteiger partial charge in [0.2, 0.25) is 0 Å². The van der Waals surface area contributed by atoms with Crippen molar-refractivity contribution < 1.29 is 17.9 Å². The number of piperazine rings is 1. The van der Waals surface area contributed by atoms with Crippen LogP contribution in [0.4, 0.5) is 0 Å². The van der Waals surface area contributed by atoms with Gasteiger partial charge in [0, 0.05) is 39.3 Å². The van der Waals surface area contributed by atoms with E-state index in [0.717, 1.165) is 6.54 Å². The van der Waals surface area contributed by atoms with E-state index < -0.39 is 16.3 Å². The average Bonchev–Trinajstić information content (AvgIpc) is 2.38. The summed E-state index contributed by atoms with van der Waals surface area (Å²) in [6.45, 7) is 2.98. The largest absolute Gasteiger partial charge is 0.366 e. The van der Waals surface area contributed by atoms with E-state index in [9.17, 15) is 13.2 Å². The van der Waals surface area contributed by atoms with E-state index in [-0.39, 0.29) is 31.4 Å². The van der Waals surface area contributed by atoms with Gasteiger partial charge in [-0.25, -0.2) is 5.14 Å². The van der Waals surface area contributed by atoms with E-state index in [1.165, 1.54) is 4.31 Å². The molecule has 3 N–H and O–H groups in total. The Balaban J connectivity index is 0.00000180. The average molecular weight is 315 g/mol. The van der Waals surface area contributed by atoms with Crippen molar-refractivity contribution in [2.24, 2.45) is 5.14 Å². The van der Waals surface area contributed by atoms with Gasteiger partial charge >= 0.3 is 0 Å². The molecule has 2 rings (SSSR count). The van der Waals surface area contributed by atoms with Crippen LogP contribution >= 0.6 is 12.4 Å². The molecule has 0 aromatic carbocycles. The number of nitrogens with one attached hydrogen (secondary N) is 1. The van der Waals surface area contributed by atoms with Crippen molar-refractivity contribution in [2.45, 2.75) is 6.10 Å². The molecule has 1 amide bonds. The van der Waals surface area contributed by atoms with Gasteiger partial charge in [0.05, 0.1) is 6.61 Å². The Morgan fingerprint density at radius 2 is 1.89 bits per heavy atom. The molecule has 2 aliphatic rings. The molecular weight excluding hydrogens is 296 g/mol. The normalized spacial score (nSPS) is 25.7. The number of rotatable bonds is 2. The van der Waals surface area contributed by atoms with Crippen molar-refractivity contribution in [2.75, 3.05) is 45.9 Å². The van der Waals surface area contributed by atoms with Crippen LogP contribution in [0.3, 0.4) is 0 Å². The molecule has 0 radical (unpaired) electrons. The number of morpholine rings is 1. The summed E-state index contributed by atoms with van der Waals surface area (Å²) >= 11 is 0. The SMILES string of the molecule is Cl.NS(=O)(=O)N1CCN(C(=O)C2CNCCO2)CC1. The van der Waals surface area contributed by atoms with Crippen LogP contribution in [-0.2, 0) is 19.7 Å². The van der Waals surface area contributed by atoms with Gasteiger partial charge in [0.15, 0.2) is 0 Å². The zero-order chi connectivity index (χ0) is 13.2. The minimum absolute atomic E-state index is 0. The summed E-state index contributed by atoms with van der Waals surface area (Å²) < 4.78 is 28.8. The first kappa shape index (κ1) is 16.6. The molecule has 0 spiro atoms. The Labute approximate surface area is 118 Å². The monoisotopic (exact) mass is 314 g/mol. The molecule has 0 aromatic heterocycles. The maximum Gasteiger partial charge on any atom is 0.277 e. The van der Waals surface area contributed by atoms with Gasteiger partial charge in [0.25, 0.3) is 16.1 Å². The zero-order valence-electron chi connectivity index (χ0n) is 10.4. The van der Waals surface area contributed by atoms with Crippen LogP contribution < -0.4 is 10.5 Å². The molecule has 1 atom stereocenters. The Hall–Kier alpha value is -0.450. The summed E-state index contributed by atoms with van der Waals surface area (Å²) in [6.07, 6.45) is -0.459. The number of carbonyl (C=O) groups excluding carboxylic acids is 1. The number of ether oxygens (including phenoxy) is 1. The van der Waals surface area contributed by atoms with Crippen molar-refractivity contribution >= 4 is 28.5 Å². The molecule has 1 unspecified atom stereocenters. The molecule has 112 valence electrons. The first-order valence-corrected chi connectivity index (χ1v) is 7.38. The van der Waals surface area contributed by atoms with E-state index in [0.29, 0.717) is 26.2 Å². The van der Waals surface area contributed by atoms with E-state index in [1.807, 2.05) is 0 Å². The third-order valence-electron chi connectivity index (χ3n) is 3.11. The lowest BCUT2D eigenvalue weighted by molar-refractivity contribution is -0.146. The van der Waals surface area contributed by atoms with Gasteiger partial charge in [-0.3, -0.25) is 4.79 Å². The van der Waals surface area contributed by atoms with Crippen LogP contribution in [0.5, 0.6) is 0 Å². The predicted octanol–water partition coefficient (Wildman–Crippen LogP) is -2.26. The lowest BCUT2D eigenvalue weighted by atomic mass is 10.2. The second kappa shape index (κ2) is 6.82. The van der Waals surface area contributed by atoms with Crippen LogP contribution in [0.2, 0.25) is 0 Å². The summed E-state index contributed by atoms with van der Waals surface area (Å²) in [5.74, 6) is -0.0868. The topological polar surface area (TPSA) is 105 Å². The first-order chi connectivity index (χ1) is 8.48. The van der Waals surface area contributed by atoms with Crippen molar-refractivity contribution in [3.63, 3.8) is 0 Å². The van der Waals surface area contributed by atoms with Gasteiger partial charge < -0.3 is 15.0 Å². The lowest BCUT2D eigenvalue weighted by Crippen LogP contribution is -2.56. The Bertz CT molecular complexity index is 404. The number of carbonyl (C=O) groups is 1. The van der Waals surface area contributed by atoms with Gasteiger partial charge in [-0.15, -0.1) is 12.4 Å². The van der Waals surface area contributed by atoms with Crippen LogP contribution in [0, 0.1) is 0 Å². The molecule has 2 heterocycles. The first-order valence-electron chi connectivity index (χ1n) is 5.87. The van der Waals surface area contributed by atoms with Crippen molar-refractivity contribution in [1.82, 2.24) is 14.5 Å². The van der Waals surface area contributed by atoms with Crippen LogP contribution in [-0.4, -0.2) is 75.5 Å². The van der Waals surface area contributed by atoms with Gasteiger partial charge in [-0.2, -0.15) is 12.7 Å². The molecule has 10 heteroatoms. The number of nitrogens with two attached hydrogens (primary N) is 1. The number of hydrogen-bond acceptors (Lipinski definition) is 5. The minimum atomic E-state index is -3.65. The second-order valence-corrected chi connectivity index (χ2v) is 5.88. The number of nitrogens with zero attached hydrogens (tertiary/aromatic N) is 2. The molecular formula is C9H19ClN4O4S. The maximum absolute atomic E-state index is 12.1. The molecule has 2 aliphatic heterocycles. The van der Waals surface area contributed by atoms with Crippen molar-refractivity contribution in [3.8, 4) is 0 Å². The Kier molecular flexibility index (Phi) is 5.96. The highest BCUT2D eigenvalue weighted by Gasteiger charge is 2.31. The fourth-order valence-electron chi connectivity index (χ4n) is 2.09. The molecule has 2 fully saturated rings. The fraction of sp³-hybridized carbons (Fsp3) is 0.889. The van der Waals surface area contributed by atoms with E-state index >= 15 is 0 Å². The molecule has 0 aromatic rings. The lowest BCUT2D eigenvalue weighted by Gasteiger charge is -2.35. The molecule has 8 nitrogen and oxygen atoms in total. The molecule has 0 aliphatic carbocycles. The highest BCUT2D eigenvalue weighted by Crippen LogP contribution is 2.08. The smallest absolute Gasteiger partial charge is 0.277 e. The maximum atomic E-state index is 12.1. The van der Waals surface area contributed by atoms with Gasteiger partial charge in [-0.1, -0.05) is 0 Å². The fourth-order valence-corrected chi connectivity index (χ4v) is 2.76. The van der Waals surface area contributed by atoms with Crippen LogP contribution in [0.25, 0.3) is 0 Å². The van der Waals surface area contributed by atoms with Crippen LogP contribution in [0.15, 0.2) is 0 Å². The van der Waals surface area contributed by atoms with Crippen LogP contribution in [0.1, 0.15) is 0 Å². The number of hydrogen-bond donors (Lipinski definition) is 2. The molecule has 2 saturated heterocycles. The highest BCUT2D eigenvalue weighted by molar-refractivity contribution is 7.86. The highest BCUT2D eigenvalue weighted by atomic mass is 35.5. The second-order valence-electron chi connectivity index (χ2n) is 4.33. The zero-order valence-corrected chi connectivity index (χ0v) is 12.1. The predicted molar refractivity (Wildman–Crippen MR) is 71.1 cm³/mol. The molecule has 0 saturated carbocycles. The summed E-state index contributed by atoms with van der Waals surface area (Å²) in [5.41, 5.74) is 0. The van der Waals surface area contributed by atoms with Crippen molar-refractivity contribution in [3.05, 3.63) is 0 Å². The summed E-state index contributed by atoms with van der Waals surface area (Å²) in [7, 11) is -3.65. The summed E-state index contributed by atoms with van der Waals surface area (Å²) in [5, 5.41) is 8.12. The molecule has 0 bridgehead atoms. The Morgan fingerprint density at radius 1 is 1.26 bits per heavy atom. The quantitative estimate of drug-likeness (QED) is 0.599. The third kappa shape index (κ3) is 4.26. The van der Waals surface area contributed by atoms with Gasteiger partial charge in [-0.05, 0) is 0 Å². The van der Waals surface area contributed by atoms with E-state index in [4.69, 9.17) is 9.88 Å². The van der Waals surface area contributed by atoms with E-state index in [2.05, 4.69) is 5.32 Å². The van der Waals surface area contributed by atoms with Gasteiger partial charge in [0.1, 0.15) is 6.10 Å². The van der Waals surface area contributed by atoms with E-state index in [1.54, 1.807) is 4.90 Å². The summed E-state index contributed by atoms with van der Waals surface area (Å²) in [4.78, 5) is 13.7. The van der Waals surface area contributed by atoms with Crippen molar-refractivity contribution in [1.29, 1.82) is 0 Å². The molecule has 19 heavy (non-hydrogen) atoms.